The summed E-state index contributed by atoms with van der Waals surface area (Å²) in [4.78, 5) is 20.9. The van der Waals surface area contributed by atoms with Gasteiger partial charge in [-0.2, -0.15) is 0 Å². The smallest absolute Gasteiger partial charge is 0.239 e. The largest absolute Gasteiger partial charge is 0.353 e. The molecule has 0 aromatic carbocycles. The number of anilines is 1. The molecule has 0 bridgehead atoms. The maximum absolute atomic E-state index is 11.1. The van der Waals surface area contributed by atoms with Crippen LogP contribution < -0.4 is 10.2 Å². The Labute approximate surface area is 86.1 Å². The molecule has 1 N–H and O–H groups in total. The van der Waals surface area contributed by atoms with Gasteiger partial charge in [-0.3, -0.25) is 9.78 Å². The molecule has 1 aromatic rings. The van der Waals surface area contributed by atoms with Gasteiger partial charge in [0.2, 0.25) is 5.91 Å². The third kappa shape index (κ3) is 1.93. The molecule has 14 heavy (non-hydrogen) atoms. The van der Waals surface area contributed by atoms with E-state index < -0.39 is 0 Å². The van der Waals surface area contributed by atoms with Gasteiger partial charge in [0, 0.05) is 13.1 Å². The van der Waals surface area contributed by atoms with E-state index in [4.69, 9.17) is 11.6 Å². The fourth-order valence-corrected chi connectivity index (χ4v) is 1.46. The summed E-state index contributed by atoms with van der Waals surface area (Å²) in [6.07, 6.45) is 3.07. The highest BCUT2D eigenvalue weighted by Gasteiger charge is 2.17. The summed E-state index contributed by atoms with van der Waals surface area (Å²) in [6.45, 7) is 1.68. The topological polar surface area (TPSA) is 58.1 Å². The molecule has 0 atom stereocenters. The van der Waals surface area contributed by atoms with Crippen LogP contribution >= 0.6 is 11.6 Å². The van der Waals surface area contributed by atoms with Crippen LogP contribution in [0.4, 0.5) is 5.82 Å². The van der Waals surface area contributed by atoms with Crippen LogP contribution in [0.25, 0.3) is 0 Å². The second-order valence-corrected chi connectivity index (χ2v) is 3.36. The monoisotopic (exact) mass is 212 g/mol. The molecule has 0 radical (unpaired) electrons. The molecule has 2 rings (SSSR count). The number of hydrogen-bond donors (Lipinski definition) is 1. The molecule has 6 heteroatoms. The van der Waals surface area contributed by atoms with Crippen molar-refractivity contribution in [2.45, 2.75) is 0 Å². The molecule has 2 heterocycles. The summed E-state index contributed by atoms with van der Waals surface area (Å²) in [6, 6.07) is 0. The molecule has 1 saturated heterocycles. The van der Waals surface area contributed by atoms with Crippen LogP contribution in [0.5, 0.6) is 0 Å². The lowest BCUT2D eigenvalue weighted by Gasteiger charge is -2.27. The summed E-state index contributed by atoms with van der Waals surface area (Å²) in [7, 11) is 0. The first-order chi connectivity index (χ1) is 6.75. The Balaban J connectivity index is 2.17. The van der Waals surface area contributed by atoms with Gasteiger partial charge in [-0.1, -0.05) is 11.6 Å². The quantitative estimate of drug-likeness (QED) is 0.716. The minimum absolute atomic E-state index is 0.00183. The Bertz CT molecular complexity index is 357. The number of rotatable bonds is 1. The van der Waals surface area contributed by atoms with Gasteiger partial charge in [0.15, 0.2) is 0 Å². The number of halogens is 1. The van der Waals surface area contributed by atoms with Gasteiger partial charge < -0.3 is 10.2 Å². The van der Waals surface area contributed by atoms with Crippen molar-refractivity contribution in [3.8, 4) is 0 Å². The highest BCUT2D eigenvalue weighted by Crippen LogP contribution is 2.12. The third-order valence-corrected chi connectivity index (χ3v) is 2.14. The zero-order valence-electron chi connectivity index (χ0n) is 7.40. The predicted molar refractivity (Wildman–Crippen MR) is 52.3 cm³/mol. The number of nitrogens with one attached hydrogen (secondary N) is 1. The lowest BCUT2D eigenvalue weighted by atomic mass is 10.3. The Morgan fingerprint density at radius 1 is 1.50 bits per heavy atom. The van der Waals surface area contributed by atoms with E-state index in [9.17, 15) is 4.79 Å². The van der Waals surface area contributed by atoms with Crippen LogP contribution in [-0.2, 0) is 4.79 Å². The molecule has 1 aliphatic heterocycles. The summed E-state index contributed by atoms with van der Waals surface area (Å²) in [5.41, 5.74) is 0. The molecule has 5 nitrogen and oxygen atoms in total. The van der Waals surface area contributed by atoms with Crippen molar-refractivity contribution >= 4 is 23.3 Å². The van der Waals surface area contributed by atoms with E-state index >= 15 is 0 Å². The lowest BCUT2D eigenvalue weighted by Crippen LogP contribution is -2.48. The zero-order chi connectivity index (χ0) is 9.97. The first kappa shape index (κ1) is 9.21. The number of nitrogens with zero attached hydrogens (tertiary/aromatic N) is 3. The van der Waals surface area contributed by atoms with Crippen molar-refractivity contribution in [1.82, 2.24) is 15.3 Å². The number of carbonyl (C=O) groups excluding carboxylic acids is 1. The Kier molecular flexibility index (Phi) is 2.49. The number of carbonyl (C=O) groups is 1. The van der Waals surface area contributed by atoms with Gasteiger partial charge in [0.05, 0.1) is 18.9 Å². The molecule has 74 valence electrons. The Morgan fingerprint density at radius 3 is 3.07 bits per heavy atom. The van der Waals surface area contributed by atoms with Crippen LogP contribution in [0.15, 0.2) is 12.4 Å². The normalized spacial score (nSPS) is 16.6. The van der Waals surface area contributed by atoms with Gasteiger partial charge in [0.1, 0.15) is 11.0 Å². The van der Waals surface area contributed by atoms with Crippen molar-refractivity contribution in [3.63, 3.8) is 0 Å². The van der Waals surface area contributed by atoms with Crippen LogP contribution in [0.3, 0.4) is 0 Å². The van der Waals surface area contributed by atoms with Crippen molar-refractivity contribution in [2.75, 3.05) is 24.5 Å². The van der Waals surface area contributed by atoms with Gasteiger partial charge in [-0.25, -0.2) is 4.98 Å². The molecule has 0 spiro atoms. The number of aromatic nitrogens is 2. The molecule has 0 aliphatic carbocycles. The summed E-state index contributed by atoms with van der Waals surface area (Å²) in [5.74, 6) is 0.644. The van der Waals surface area contributed by atoms with Crippen molar-refractivity contribution in [3.05, 3.63) is 17.5 Å². The van der Waals surface area contributed by atoms with Crippen molar-refractivity contribution < 1.29 is 4.79 Å². The first-order valence-electron chi connectivity index (χ1n) is 4.25. The van der Waals surface area contributed by atoms with E-state index in [0.29, 0.717) is 24.1 Å². The molecule has 1 aromatic heterocycles. The molecule has 0 saturated carbocycles. The molecule has 0 unspecified atom stereocenters. The van der Waals surface area contributed by atoms with E-state index in [0.717, 1.165) is 6.54 Å². The standard InChI is InChI=1S/C8H9ClN4O/c9-6-3-10-4-7(12-6)13-2-1-11-8(14)5-13/h3-4H,1-2,5H2,(H,11,14). The number of hydrogen-bond acceptors (Lipinski definition) is 4. The van der Waals surface area contributed by atoms with E-state index in [2.05, 4.69) is 15.3 Å². The maximum Gasteiger partial charge on any atom is 0.239 e. The summed E-state index contributed by atoms with van der Waals surface area (Å²) >= 11 is 5.70. The molecular formula is C8H9ClN4O. The van der Waals surface area contributed by atoms with Gasteiger partial charge in [-0.15, -0.1) is 0 Å². The van der Waals surface area contributed by atoms with Crippen LogP contribution in [-0.4, -0.2) is 35.5 Å². The average molecular weight is 213 g/mol. The van der Waals surface area contributed by atoms with E-state index in [1.54, 1.807) is 6.20 Å². The van der Waals surface area contributed by atoms with Crippen molar-refractivity contribution in [2.24, 2.45) is 0 Å². The SMILES string of the molecule is O=C1CN(c2cncc(Cl)n2)CCN1. The second-order valence-electron chi connectivity index (χ2n) is 2.97. The van der Waals surface area contributed by atoms with Crippen molar-refractivity contribution in [1.29, 1.82) is 0 Å². The van der Waals surface area contributed by atoms with Gasteiger partial charge in [0.25, 0.3) is 0 Å². The minimum Gasteiger partial charge on any atom is -0.353 e. The van der Waals surface area contributed by atoms with E-state index in [1.165, 1.54) is 6.20 Å². The molecule has 1 amide bonds. The first-order valence-corrected chi connectivity index (χ1v) is 4.63. The maximum atomic E-state index is 11.1. The van der Waals surface area contributed by atoms with Crippen LogP contribution in [0.1, 0.15) is 0 Å². The van der Waals surface area contributed by atoms with Gasteiger partial charge >= 0.3 is 0 Å². The van der Waals surface area contributed by atoms with E-state index in [-0.39, 0.29) is 5.91 Å². The zero-order valence-corrected chi connectivity index (χ0v) is 8.16. The number of piperazine rings is 1. The summed E-state index contributed by atoms with van der Waals surface area (Å²) < 4.78 is 0. The minimum atomic E-state index is -0.00183. The lowest BCUT2D eigenvalue weighted by molar-refractivity contribution is -0.120. The Hall–Kier alpha value is -1.36. The predicted octanol–water partition coefficient (Wildman–Crippen LogP) is 0.0662. The fourth-order valence-electron chi connectivity index (χ4n) is 1.32. The second kappa shape index (κ2) is 3.79. The fraction of sp³-hybridized carbons (Fsp3) is 0.375. The summed E-state index contributed by atoms with van der Waals surface area (Å²) in [5, 5.41) is 3.08. The number of amides is 1. The van der Waals surface area contributed by atoms with E-state index in [1.807, 2.05) is 4.90 Å². The van der Waals surface area contributed by atoms with Crippen LogP contribution in [0, 0.1) is 0 Å². The molecular weight excluding hydrogens is 204 g/mol. The third-order valence-electron chi connectivity index (χ3n) is 1.95. The average Bonchev–Trinajstić information content (AvgIpc) is 2.18. The molecule has 1 aliphatic rings. The highest BCUT2D eigenvalue weighted by molar-refractivity contribution is 6.29. The Morgan fingerprint density at radius 2 is 2.36 bits per heavy atom. The van der Waals surface area contributed by atoms with Gasteiger partial charge in [-0.05, 0) is 0 Å². The highest BCUT2D eigenvalue weighted by atomic mass is 35.5. The van der Waals surface area contributed by atoms with Crippen LogP contribution in [0.2, 0.25) is 5.15 Å². The molecule has 1 fully saturated rings.